The van der Waals surface area contributed by atoms with Crippen molar-refractivity contribution < 1.29 is 17.2 Å². The summed E-state index contributed by atoms with van der Waals surface area (Å²) in [6, 6.07) is 12.8. The van der Waals surface area contributed by atoms with E-state index in [4.69, 9.17) is 0 Å². The van der Waals surface area contributed by atoms with E-state index >= 15 is 0 Å². The Bertz CT molecular complexity index is 1720. The summed E-state index contributed by atoms with van der Waals surface area (Å²) in [5, 5.41) is 9.26. The van der Waals surface area contributed by atoms with E-state index in [1.54, 1.807) is 25.1 Å². The lowest BCUT2D eigenvalue weighted by molar-refractivity contribution is 0.551. The van der Waals surface area contributed by atoms with Crippen LogP contribution >= 0.6 is 0 Å². The number of aromatic nitrogens is 3. The molecule has 0 saturated carbocycles. The molecule has 7 nitrogen and oxygen atoms in total. The van der Waals surface area contributed by atoms with Gasteiger partial charge < -0.3 is 0 Å². The molecular formula is C27H19F2N5O2S. The molecule has 0 bridgehead atoms. The molecule has 0 aliphatic carbocycles. The van der Waals surface area contributed by atoms with Crippen LogP contribution < -0.4 is 4.72 Å². The predicted molar refractivity (Wildman–Crippen MR) is 134 cm³/mol. The van der Waals surface area contributed by atoms with E-state index in [0.29, 0.717) is 51.8 Å². The summed E-state index contributed by atoms with van der Waals surface area (Å²) < 4.78 is 55.1. The molecule has 2 aromatic carbocycles. The van der Waals surface area contributed by atoms with Crippen molar-refractivity contribution in [1.29, 1.82) is 5.26 Å². The van der Waals surface area contributed by atoms with E-state index in [9.17, 15) is 22.5 Å². The second-order valence-electron chi connectivity index (χ2n) is 7.88. The summed E-state index contributed by atoms with van der Waals surface area (Å²) in [5.74, 6) is 3.94. The molecule has 0 unspecified atom stereocenters. The van der Waals surface area contributed by atoms with Crippen LogP contribution in [0.3, 0.4) is 0 Å². The highest BCUT2D eigenvalue weighted by atomic mass is 32.2. The first kappa shape index (κ1) is 25.4. The first-order valence-corrected chi connectivity index (χ1v) is 12.5. The Morgan fingerprint density at radius 2 is 1.81 bits per heavy atom. The molecule has 37 heavy (non-hydrogen) atoms. The molecule has 0 amide bonds. The molecule has 0 atom stereocenters. The lowest BCUT2D eigenvalue weighted by atomic mass is 10.0. The number of nitriles is 1. The summed E-state index contributed by atoms with van der Waals surface area (Å²) in [4.78, 5) is 12.2. The summed E-state index contributed by atoms with van der Waals surface area (Å²) in [7, 11) is -4.35. The lowest BCUT2D eigenvalue weighted by Crippen LogP contribution is -2.16. The number of benzene rings is 2. The number of rotatable bonds is 5. The lowest BCUT2D eigenvalue weighted by Gasteiger charge is -2.11. The predicted octanol–water partition coefficient (Wildman–Crippen LogP) is 4.76. The van der Waals surface area contributed by atoms with Gasteiger partial charge in [-0.3, -0.25) is 9.71 Å². The first-order chi connectivity index (χ1) is 17.7. The average Bonchev–Trinajstić information content (AvgIpc) is 2.88. The molecule has 4 aromatic rings. The second-order valence-corrected chi connectivity index (χ2v) is 9.53. The molecule has 0 aliphatic heterocycles. The third-order valence-electron chi connectivity index (χ3n) is 5.37. The fourth-order valence-corrected chi connectivity index (χ4v) is 4.68. The van der Waals surface area contributed by atoms with Gasteiger partial charge in [0, 0.05) is 23.4 Å². The highest BCUT2D eigenvalue weighted by Crippen LogP contribution is 2.25. The molecule has 0 spiro atoms. The fourth-order valence-electron chi connectivity index (χ4n) is 3.51. The fraction of sp³-hybridized carbons (Fsp3) is 0.111. The van der Waals surface area contributed by atoms with E-state index in [0.717, 1.165) is 12.1 Å². The topological polar surface area (TPSA) is 109 Å². The van der Waals surface area contributed by atoms with Crippen molar-refractivity contribution in [1.82, 2.24) is 15.0 Å². The van der Waals surface area contributed by atoms with Crippen molar-refractivity contribution in [3.63, 3.8) is 0 Å². The van der Waals surface area contributed by atoms with Gasteiger partial charge in [0.15, 0.2) is 0 Å². The van der Waals surface area contributed by atoms with Crippen LogP contribution in [0.15, 0.2) is 66.0 Å². The normalized spacial score (nSPS) is 10.8. The molecule has 2 heterocycles. The van der Waals surface area contributed by atoms with Gasteiger partial charge in [-0.25, -0.2) is 27.2 Å². The summed E-state index contributed by atoms with van der Waals surface area (Å²) >= 11 is 0. The Balaban J connectivity index is 1.73. The van der Waals surface area contributed by atoms with Crippen molar-refractivity contribution in [2.45, 2.75) is 25.2 Å². The van der Waals surface area contributed by atoms with Gasteiger partial charge in [-0.2, -0.15) is 5.26 Å². The zero-order valence-electron chi connectivity index (χ0n) is 19.8. The molecule has 2 aromatic heterocycles. The van der Waals surface area contributed by atoms with Crippen LogP contribution in [-0.2, 0) is 16.4 Å². The number of aryl methyl sites for hydroxylation is 2. The van der Waals surface area contributed by atoms with Crippen LogP contribution in [0, 0.1) is 41.7 Å². The van der Waals surface area contributed by atoms with Crippen LogP contribution in [0.25, 0.3) is 11.3 Å². The standard InChI is InChI=1S/C27H19F2N5O2S/c1-3-24-22(27(33-16-32-24)20-6-4-5-18(11-20)14-30)9-7-19-12-25(17(2)31-15-19)34-37(35,36)26-10-8-21(28)13-23(26)29/h4-6,8,10-13,15-16,34H,3H2,1-2H3. The number of hydrogen-bond donors (Lipinski definition) is 1. The molecule has 1 N–H and O–H groups in total. The molecule has 10 heteroatoms. The van der Waals surface area contributed by atoms with Crippen molar-refractivity contribution in [2.75, 3.05) is 4.72 Å². The van der Waals surface area contributed by atoms with Crippen molar-refractivity contribution in [3.8, 4) is 29.2 Å². The molecule has 4 rings (SSSR count). The molecular weight excluding hydrogens is 496 g/mol. The summed E-state index contributed by atoms with van der Waals surface area (Å²) in [6.07, 6.45) is 3.50. The van der Waals surface area contributed by atoms with Crippen molar-refractivity contribution >= 4 is 15.7 Å². The van der Waals surface area contributed by atoms with Gasteiger partial charge >= 0.3 is 0 Å². The highest BCUT2D eigenvalue weighted by Gasteiger charge is 2.21. The summed E-state index contributed by atoms with van der Waals surface area (Å²) in [6.45, 7) is 3.51. The SMILES string of the molecule is CCc1ncnc(-c2cccc(C#N)c2)c1C#Cc1cnc(C)c(NS(=O)(=O)c2ccc(F)cc2F)c1. The van der Waals surface area contributed by atoms with E-state index < -0.39 is 26.6 Å². The first-order valence-electron chi connectivity index (χ1n) is 11.0. The van der Waals surface area contributed by atoms with E-state index in [2.05, 4.69) is 37.6 Å². The van der Waals surface area contributed by atoms with Gasteiger partial charge in [-0.15, -0.1) is 0 Å². The van der Waals surface area contributed by atoms with Gasteiger partial charge in [0.1, 0.15) is 22.9 Å². The number of nitrogens with one attached hydrogen (secondary N) is 1. The number of hydrogen-bond acceptors (Lipinski definition) is 6. The number of sulfonamides is 1. The number of halogens is 2. The van der Waals surface area contributed by atoms with E-state index in [-0.39, 0.29) is 5.69 Å². The van der Waals surface area contributed by atoms with Gasteiger partial charge in [0.05, 0.1) is 40.0 Å². The zero-order chi connectivity index (χ0) is 26.6. The van der Waals surface area contributed by atoms with Crippen molar-refractivity contribution in [3.05, 3.63) is 101 Å². The Labute approximate surface area is 212 Å². The molecule has 0 fully saturated rings. The minimum Gasteiger partial charge on any atom is -0.278 e. The van der Waals surface area contributed by atoms with Gasteiger partial charge in [0.2, 0.25) is 0 Å². The van der Waals surface area contributed by atoms with Crippen LogP contribution in [0.4, 0.5) is 14.5 Å². The van der Waals surface area contributed by atoms with Crippen molar-refractivity contribution in [2.24, 2.45) is 0 Å². The number of nitrogens with zero attached hydrogens (tertiary/aromatic N) is 4. The third kappa shape index (κ3) is 5.61. The average molecular weight is 516 g/mol. The van der Waals surface area contributed by atoms with Gasteiger partial charge in [0.25, 0.3) is 10.0 Å². The Morgan fingerprint density at radius 1 is 1.00 bits per heavy atom. The summed E-state index contributed by atoms with van der Waals surface area (Å²) in [5.41, 5.74) is 3.82. The van der Waals surface area contributed by atoms with Crippen LogP contribution in [-0.4, -0.2) is 23.4 Å². The smallest absolute Gasteiger partial charge is 0.264 e. The minimum atomic E-state index is -4.35. The molecule has 0 aliphatic rings. The number of anilines is 1. The Kier molecular flexibility index (Phi) is 7.23. The van der Waals surface area contributed by atoms with Crippen LogP contribution in [0.2, 0.25) is 0 Å². The zero-order valence-corrected chi connectivity index (χ0v) is 20.6. The maximum absolute atomic E-state index is 14.1. The number of pyridine rings is 1. The Hall–Kier alpha value is -4.67. The quantitative estimate of drug-likeness (QED) is 0.384. The maximum Gasteiger partial charge on any atom is 0.264 e. The van der Waals surface area contributed by atoms with E-state index in [1.807, 2.05) is 13.0 Å². The monoisotopic (exact) mass is 515 g/mol. The van der Waals surface area contributed by atoms with E-state index in [1.165, 1.54) is 18.6 Å². The minimum absolute atomic E-state index is 0.0949. The van der Waals surface area contributed by atoms with Gasteiger partial charge in [-0.1, -0.05) is 30.9 Å². The maximum atomic E-state index is 14.1. The second kappa shape index (κ2) is 10.5. The largest absolute Gasteiger partial charge is 0.278 e. The molecule has 184 valence electrons. The molecule has 0 saturated heterocycles. The highest BCUT2D eigenvalue weighted by molar-refractivity contribution is 7.92. The van der Waals surface area contributed by atoms with Gasteiger partial charge in [-0.05, 0) is 43.7 Å². The third-order valence-corrected chi connectivity index (χ3v) is 6.77. The Morgan fingerprint density at radius 3 is 2.54 bits per heavy atom. The van der Waals surface area contributed by atoms with Crippen LogP contribution in [0.5, 0.6) is 0 Å². The molecule has 0 radical (unpaired) electrons. The van der Waals surface area contributed by atoms with Crippen LogP contribution in [0.1, 0.15) is 35.0 Å².